The fourth-order valence-electron chi connectivity index (χ4n) is 3.50. The Bertz CT molecular complexity index is 1220. The monoisotopic (exact) mass is 396 g/mol. The average molecular weight is 396 g/mol. The number of fused-ring (bicyclic) bond motifs is 1. The largest absolute Gasteiger partial charge is 0.338 e. The molecule has 0 N–H and O–H groups in total. The van der Waals surface area contributed by atoms with E-state index in [0.717, 1.165) is 39.2 Å². The van der Waals surface area contributed by atoms with Gasteiger partial charge in [-0.05, 0) is 44.2 Å². The molecule has 5 heteroatoms. The minimum absolute atomic E-state index is 0.0729. The predicted octanol–water partition coefficient (Wildman–Crippen LogP) is 4.71. The van der Waals surface area contributed by atoms with Crippen molar-refractivity contribution in [3.63, 3.8) is 0 Å². The Hall–Kier alpha value is -3.73. The van der Waals surface area contributed by atoms with Crippen LogP contribution < -0.4 is 0 Å². The van der Waals surface area contributed by atoms with E-state index in [1.165, 1.54) is 0 Å². The minimum atomic E-state index is -0.0729. The van der Waals surface area contributed by atoms with Gasteiger partial charge in [0.1, 0.15) is 0 Å². The lowest BCUT2D eigenvalue weighted by Crippen LogP contribution is -2.24. The van der Waals surface area contributed by atoms with Crippen molar-refractivity contribution in [2.75, 3.05) is 7.05 Å². The zero-order valence-electron chi connectivity index (χ0n) is 17.4. The van der Waals surface area contributed by atoms with Crippen LogP contribution in [0.15, 0.2) is 72.8 Å². The maximum Gasteiger partial charge on any atom is 0.246 e. The SMILES string of the molecule is Cc1nn(-c2ccccc2)c(C)c1CN(C)C(=O)/C=C/c1ccc2ccccc2n1. The first-order valence-electron chi connectivity index (χ1n) is 9.92. The summed E-state index contributed by atoms with van der Waals surface area (Å²) >= 11 is 0. The molecule has 4 rings (SSSR count). The van der Waals surface area contributed by atoms with Gasteiger partial charge in [-0.3, -0.25) is 4.79 Å². The number of para-hydroxylation sites is 2. The first kappa shape index (κ1) is 19.6. The molecule has 5 nitrogen and oxygen atoms in total. The maximum absolute atomic E-state index is 12.7. The van der Waals surface area contributed by atoms with Crippen LogP contribution in [0.4, 0.5) is 0 Å². The molecule has 0 spiro atoms. The molecule has 0 saturated carbocycles. The Morgan fingerprint density at radius 3 is 2.53 bits per heavy atom. The Kier molecular flexibility index (Phi) is 5.44. The molecule has 4 aromatic rings. The standard InChI is InChI=1S/C25H24N4O/c1-18-23(19(2)29(27-18)22-10-5-4-6-11-22)17-28(3)25(30)16-15-21-14-13-20-9-7-8-12-24(20)26-21/h4-16H,17H2,1-3H3/b16-15+. The lowest BCUT2D eigenvalue weighted by atomic mass is 10.1. The third-order valence-electron chi connectivity index (χ3n) is 5.23. The predicted molar refractivity (Wildman–Crippen MR) is 120 cm³/mol. The fraction of sp³-hybridized carbons (Fsp3) is 0.160. The van der Waals surface area contributed by atoms with Crippen molar-refractivity contribution in [3.05, 3.63) is 95.5 Å². The topological polar surface area (TPSA) is 51.0 Å². The molecular formula is C25H24N4O. The third-order valence-corrected chi connectivity index (χ3v) is 5.23. The van der Waals surface area contributed by atoms with Crippen molar-refractivity contribution >= 4 is 22.9 Å². The summed E-state index contributed by atoms with van der Waals surface area (Å²) in [6.45, 7) is 4.52. The van der Waals surface area contributed by atoms with Crippen molar-refractivity contribution < 1.29 is 4.79 Å². The number of carbonyl (C=O) groups excluding carboxylic acids is 1. The van der Waals surface area contributed by atoms with Gasteiger partial charge in [0, 0.05) is 36.3 Å². The van der Waals surface area contributed by atoms with Gasteiger partial charge in [-0.2, -0.15) is 5.10 Å². The molecule has 0 bridgehead atoms. The number of hydrogen-bond donors (Lipinski definition) is 0. The van der Waals surface area contributed by atoms with E-state index in [-0.39, 0.29) is 5.91 Å². The van der Waals surface area contributed by atoms with E-state index in [9.17, 15) is 4.79 Å². The van der Waals surface area contributed by atoms with Crippen LogP contribution in [0.1, 0.15) is 22.6 Å². The first-order chi connectivity index (χ1) is 14.5. The van der Waals surface area contributed by atoms with Crippen LogP contribution >= 0.6 is 0 Å². The summed E-state index contributed by atoms with van der Waals surface area (Å²) in [6, 6.07) is 21.9. The molecule has 2 heterocycles. The summed E-state index contributed by atoms with van der Waals surface area (Å²) in [7, 11) is 1.80. The van der Waals surface area contributed by atoms with Gasteiger partial charge in [0.05, 0.1) is 22.6 Å². The third kappa shape index (κ3) is 4.01. The van der Waals surface area contributed by atoms with Crippen molar-refractivity contribution in [3.8, 4) is 5.69 Å². The van der Waals surface area contributed by atoms with E-state index < -0.39 is 0 Å². The lowest BCUT2D eigenvalue weighted by molar-refractivity contribution is -0.125. The van der Waals surface area contributed by atoms with Gasteiger partial charge in [0.15, 0.2) is 0 Å². The summed E-state index contributed by atoms with van der Waals surface area (Å²) in [5.74, 6) is -0.0729. The molecule has 1 amide bonds. The average Bonchev–Trinajstić information content (AvgIpc) is 3.06. The number of carbonyl (C=O) groups is 1. The van der Waals surface area contributed by atoms with Crippen LogP contribution in [0.5, 0.6) is 0 Å². The number of aromatic nitrogens is 3. The van der Waals surface area contributed by atoms with E-state index in [1.807, 2.05) is 85.3 Å². The number of hydrogen-bond acceptors (Lipinski definition) is 3. The number of pyridine rings is 1. The molecule has 0 aliphatic rings. The molecule has 0 radical (unpaired) electrons. The molecule has 0 atom stereocenters. The molecule has 30 heavy (non-hydrogen) atoms. The van der Waals surface area contributed by atoms with Crippen LogP contribution in [0, 0.1) is 13.8 Å². The smallest absolute Gasteiger partial charge is 0.246 e. The van der Waals surface area contributed by atoms with Crippen LogP contribution in [0.25, 0.3) is 22.7 Å². The van der Waals surface area contributed by atoms with E-state index >= 15 is 0 Å². The van der Waals surface area contributed by atoms with Crippen molar-refractivity contribution in [2.24, 2.45) is 0 Å². The van der Waals surface area contributed by atoms with Gasteiger partial charge in [0.25, 0.3) is 0 Å². The zero-order valence-corrected chi connectivity index (χ0v) is 17.4. The van der Waals surface area contributed by atoms with Gasteiger partial charge in [-0.25, -0.2) is 9.67 Å². The fourth-order valence-corrected chi connectivity index (χ4v) is 3.50. The molecule has 0 saturated heterocycles. The second-order valence-electron chi connectivity index (χ2n) is 7.35. The van der Waals surface area contributed by atoms with E-state index in [2.05, 4.69) is 10.1 Å². The van der Waals surface area contributed by atoms with Crippen molar-refractivity contribution in [1.82, 2.24) is 19.7 Å². The number of amides is 1. The second-order valence-corrected chi connectivity index (χ2v) is 7.35. The van der Waals surface area contributed by atoms with Crippen LogP contribution in [0.2, 0.25) is 0 Å². The molecular weight excluding hydrogens is 372 g/mol. The maximum atomic E-state index is 12.7. The number of nitrogens with zero attached hydrogens (tertiary/aromatic N) is 4. The highest BCUT2D eigenvalue weighted by Gasteiger charge is 2.16. The quantitative estimate of drug-likeness (QED) is 0.459. The van der Waals surface area contributed by atoms with E-state index in [4.69, 9.17) is 0 Å². The number of rotatable bonds is 5. The van der Waals surface area contributed by atoms with Crippen molar-refractivity contribution in [2.45, 2.75) is 20.4 Å². The minimum Gasteiger partial charge on any atom is -0.338 e. The Morgan fingerprint density at radius 1 is 1.00 bits per heavy atom. The summed E-state index contributed by atoms with van der Waals surface area (Å²) in [5, 5.41) is 5.75. The summed E-state index contributed by atoms with van der Waals surface area (Å²) in [5.41, 5.74) is 5.72. The molecule has 2 aromatic carbocycles. The molecule has 0 fully saturated rings. The molecule has 150 valence electrons. The van der Waals surface area contributed by atoms with Gasteiger partial charge in [-0.15, -0.1) is 0 Å². The van der Waals surface area contributed by atoms with Gasteiger partial charge in [-0.1, -0.05) is 42.5 Å². The molecule has 0 aliphatic heterocycles. The van der Waals surface area contributed by atoms with Crippen LogP contribution in [-0.4, -0.2) is 32.6 Å². The van der Waals surface area contributed by atoms with Crippen LogP contribution in [0.3, 0.4) is 0 Å². The summed E-state index contributed by atoms with van der Waals surface area (Å²) < 4.78 is 1.93. The molecule has 0 aliphatic carbocycles. The molecule has 0 unspecified atom stereocenters. The second kappa shape index (κ2) is 8.33. The van der Waals surface area contributed by atoms with E-state index in [1.54, 1.807) is 24.1 Å². The number of aryl methyl sites for hydroxylation is 1. The van der Waals surface area contributed by atoms with Crippen LogP contribution in [-0.2, 0) is 11.3 Å². The highest BCUT2D eigenvalue weighted by molar-refractivity contribution is 5.91. The zero-order chi connectivity index (χ0) is 21.1. The lowest BCUT2D eigenvalue weighted by Gasteiger charge is -2.15. The normalized spacial score (nSPS) is 11.3. The van der Waals surface area contributed by atoms with Gasteiger partial charge in [0.2, 0.25) is 5.91 Å². The molecule has 2 aromatic heterocycles. The highest BCUT2D eigenvalue weighted by Crippen LogP contribution is 2.19. The highest BCUT2D eigenvalue weighted by atomic mass is 16.2. The Morgan fingerprint density at radius 2 is 1.73 bits per heavy atom. The number of likely N-dealkylation sites (N-methyl/N-ethyl adjacent to an activating group) is 1. The van der Waals surface area contributed by atoms with Gasteiger partial charge < -0.3 is 4.90 Å². The Labute approximate surface area is 176 Å². The van der Waals surface area contributed by atoms with E-state index in [0.29, 0.717) is 6.54 Å². The summed E-state index contributed by atoms with van der Waals surface area (Å²) in [4.78, 5) is 19.0. The van der Waals surface area contributed by atoms with Gasteiger partial charge >= 0.3 is 0 Å². The first-order valence-corrected chi connectivity index (χ1v) is 9.92. The number of benzene rings is 2. The Balaban J connectivity index is 1.49. The summed E-state index contributed by atoms with van der Waals surface area (Å²) in [6.07, 6.45) is 3.34. The van der Waals surface area contributed by atoms with Crippen molar-refractivity contribution in [1.29, 1.82) is 0 Å².